The standard InChI is InChI=1S/C40H47FN2O.CH2O/c1-8-25-42-38(44)34-15-9-29(10-16-34)26-37(33-17-21-35(22-18-33)39(3,4)5)28(2)43-36-23-19-32(20-24-36)31-13-11-30(12-14-31)27-40(6,7)41;1-2/h9-24,37,43H,2,8,25-27H2,1,3-7H3,(H,42,44);1H2. The van der Waals surface area contributed by atoms with Crippen LogP contribution in [0.2, 0.25) is 0 Å². The lowest BCUT2D eigenvalue weighted by atomic mass is 9.84. The molecule has 0 spiro atoms. The van der Waals surface area contributed by atoms with E-state index in [1.807, 2.05) is 50.1 Å². The molecule has 4 rings (SSSR count). The Balaban J connectivity index is 0.00000282. The topological polar surface area (TPSA) is 58.2 Å². The summed E-state index contributed by atoms with van der Waals surface area (Å²) < 4.78 is 14.1. The zero-order chi connectivity index (χ0) is 33.9. The van der Waals surface area contributed by atoms with Gasteiger partial charge in [0.2, 0.25) is 0 Å². The summed E-state index contributed by atoms with van der Waals surface area (Å²) in [6.45, 7) is 19.1. The fourth-order valence-corrected chi connectivity index (χ4v) is 5.35. The van der Waals surface area contributed by atoms with Crippen LogP contribution >= 0.6 is 0 Å². The number of anilines is 1. The van der Waals surface area contributed by atoms with Crippen molar-refractivity contribution in [2.24, 2.45) is 0 Å². The van der Waals surface area contributed by atoms with E-state index >= 15 is 0 Å². The highest BCUT2D eigenvalue weighted by Crippen LogP contribution is 2.32. The largest absolute Gasteiger partial charge is 0.359 e. The van der Waals surface area contributed by atoms with Gasteiger partial charge in [0.15, 0.2) is 0 Å². The molecule has 1 amide bonds. The van der Waals surface area contributed by atoms with Gasteiger partial charge in [0.1, 0.15) is 12.5 Å². The zero-order valence-corrected chi connectivity index (χ0v) is 28.3. The fraction of sp³-hybridized carbons (Fsp3) is 0.317. The van der Waals surface area contributed by atoms with Crippen molar-refractivity contribution < 1.29 is 14.0 Å². The van der Waals surface area contributed by atoms with E-state index in [-0.39, 0.29) is 17.2 Å². The van der Waals surface area contributed by atoms with E-state index in [0.717, 1.165) is 46.5 Å². The van der Waals surface area contributed by atoms with E-state index in [0.29, 0.717) is 18.5 Å². The molecule has 0 bridgehead atoms. The molecule has 46 heavy (non-hydrogen) atoms. The molecule has 242 valence electrons. The lowest BCUT2D eigenvalue weighted by Gasteiger charge is -2.24. The van der Waals surface area contributed by atoms with Gasteiger partial charge in [-0.25, -0.2) is 4.39 Å². The Morgan fingerprint density at radius 2 is 1.28 bits per heavy atom. The van der Waals surface area contributed by atoms with E-state index < -0.39 is 5.67 Å². The molecule has 0 saturated carbocycles. The second-order valence-electron chi connectivity index (χ2n) is 13.4. The summed E-state index contributed by atoms with van der Waals surface area (Å²) in [6, 6.07) is 33.2. The number of halogens is 1. The maximum atomic E-state index is 14.1. The molecule has 4 nitrogen and oxygen atoms in total. The number of nitrogens with one attached hydrogen (secondary N) is 2. The third-order valence-electron chi connectivity index (χ3n) is 7.89. The number of amides is 1. The molecule has 4 aromatic rings. The van der Waals surface area contributed by atoms with E-state index in [9.17, 15) is 9.18 Å². The molecular formula is C41H49FN2O2. The van der Waals surface area contributed by atoms with Gasteiger partial charge in [0.25, 0.3) is 5.91 Å². The number of benzene rings is 4. The molecule has 0 fully saturated rings. The first-order valence-corrected chi connectivity index (χ1v) is 15.9. The average Bonchev–Trinajstić information content (AvgIpc) is 3.03. The Bertz CT molecular complexity index is 1540. The van der Waals surface area contributed by atoms with Gasteiger partial charge in [-0.1, -0.05) is 107 Å². The van der Waals surface area contributed by atoms with Crippen LogP contribution in [0.15, 0.2) is 109 Å². The summed E-state index contributed by atoms with van der Waals surface area (Å²) in [6.07, 6.45) is 2.05. The highest BCUT2D eigenvalue weighted by Gasteiger charge is 2.20. The minimum absolute atomic E-state index is 0.0239. The summed E-state index contributed by atoms with van der Waals surface area (Å²) >= 11 is 0. The highest BCUT2D eigenvalue weighted by molar-refractivity contribution is 5.94. The van der Waals surface area contributed by atoms with Crippen LogP contribution in [0.4, 0.5) is 10.1 Å². The Hall–Kier alpha value is -4.51. The van der Waals surface area contributed by atoms with E-state index in [1.54, 1.807) is 13.8 Å². The molecule has 1 unspecified atom stereocenters. The van der Waals surface area contributed by atoms with Crippen LogP contribution < -0.4 is 10.6 Å². The van der Waals surface area contributed by atoms with Gasteiger partial charge in [-0.05, 0) is 89.8 Å². The molecule has 4 aromatic carbocycles. The van der Waals surface area contributed by atoms with Gasteiger partial charge in [0.05, 0.1) is 0 Å². The number of rotatable bonds is 12. The predicted octanol–water partition coefficient (Wildman–Crippen LogP) is 9.85. The SMILES string of the molecule is C=C(Nc1ccc(-c2ccc(CC(C)(C)F)cc2)cc1)C(Cc1ccc(C(=O)NCCC)cc1)c1ccc(C(C)(C)C)cc1.C=O. The van der Waals surface area contributed by atoms with Crippen LogP contribution in [0.1, 0.15) is 86.5 Å². The molecule has 1 atom stereocenters. The average molecular weight is 621 g/mol. The molecule has 0 radical (unpaired) electrons. The van der Waals surface area contributed by atoms with Gasteiger partial charge in [0, 0.05) is 35.8 Å². The maximum Gasteiger partial charge on any atom is 0.251 e. The van der Waals surface area contributed by atoms with Gasteiger partial charge < -0.3 is 15.4 Å². The Morgan fingerprint density at radius 3 is 1.78 bits per heavy atom. The molecular weight excluding hydrogens is 571 g/mol. The van der Waals surface area contributed by atoms with Gasteiger partial charge in [-0.3, -0.25) is 4.79 Å². The number of alkyl halides is 1. The molecule has 0 aliphatic rings. The number of carbonyl (C=O) groups excluding carboxylic acids is 2. The van der Waals surface area contributed by atoms with E-state index in [4.69, 9.17) is 4.79 Å². The molecule has 2 N–H and O–H groups in total. The van der Waals surface area contributed by atoms with Crippen molar-refractivity contribution in [2.75, 3.05) is 11.9 Å². The zero-order valence-electron chi connectivity index (χ0n) is 28.3. The second-order valence-corrected chi connectivity index (χ2v) is 13.4. The van der Waals surface area contributed by atoms with Gasteiger partial charge in [-0.15, -0.1) is 0 Å². The first kappa shape index (κ1) is 36.0. The molecule has 0 aromatic heterocycles. The number of carbonyl (C=O) groups is 2. The number of allylic oxidation sites excluding steroid dienone is 1. The van der Waals surface area contributed by atoms with Crippen molar-refractivity contribution in [1.82, 2.24) is 5.32 Å². The summed E-state index contributed by atoms with van der Waals surface area (Å²) in [5.74, 6) is -0.0161. The monoisotopic (exact) mass is 620 g/mol. The van der Waals surface area contributed by atoms with Crippen LogP contribution in [0, 0.1) is 0 Å². The van der Waals surface area contributed by atoms with Crippen LogP contribution in [-0.4, -0.2) is 24.9 Å². The van der Waals surface area contributed by atoms with Crippen LogP contribution in [-0.2, 0) is 23.1 Å². The molecule has 0 aliphatic heterocycles. The molecule has 0 saturated heterocycles. The van der Waals surface area contributed by atoms with Crippen molar-refractivity contribution >= 4 is 18.4 Å². The first-order chi connectivity index (χ1) is 21.8. The van der Waals surface area contributed by atoms with Crippen LogP contribution in [0.25, 0.3) is 11.1 Å². The van der Waals surface area contributed by atoms with Crippen molar-refractivity contribution in [3.05, 3.63) is 137 Å². The minimum atomic E-state index is -1.22. The van der Waals surface area contributed by atoms with Crippen molar-refractivity contribution in [3.8, 4) is 11.1 Å². The van der Waals surface area contributed by atoms with E-state index in [1.165, 1.54) is 11.1 Å². The maximum absolute atomic E-state index is 14.1. The second kappa shape index (κ2) is 16.2. The highest BCUT2D eigenvalue weighted by atomic mass is 19.1. The van der Waals surface area contributed by atoms with Crippen molar-refractivity contribution in [3.63, 3.8) is 0 Å². The van der Waals surface area contributed by atoms with Crippen LogP contribution in [0.3, 0.4) is 0 Å². The fourth-order valence-electron chi connectivity index (χ4n) is 5.35. The normalized spacial score (nSPS) is 12.0. The van der Waals surface area contributed by atoms with Crippen molar-refractivity contribution in [2.45, 2.75) is 77.8 Å². The molecule has 5 heteroatoms. The number of hydrogen-bond donors (Lipinski definition) is 2. The summed E-state index contributed by atoms with van der Waals surface area (Å²) in [5.41, 5.74) is 8.20. The van der Waals surface area contributed by atoms with Gasteiger partial charge in [-0.2, -0.15) is 0 Å². The van der Waals surface area contributed by atoms with Crippen LogP contribution in [0.5, 0.6) is 0 Å². The van der Waals surface area contributed by atoms with E-state index in [2.05, 4.69) is 98.6 Å². The predicted molar refractivity (Wildman–Crippen MR) is 191 cm³/mol. The summed E-state index contributed by atoms with van der Waals surface area (Å²) in [7, 11) is 0. The molecule has 0 aliphatic carbocycles. The molecule has 0 heterocycles. The third kappa shape index (κ3) is 10.5. The summed E-state index contributed by atoms with van der Waals surface area (Å²) in [5, 5.41) is 6.52. The quantitative estimate of drug-likeness (QED) is 0.166. The Kier molecular flexibility index (Phi) is 12.6. The summed E-state index contributed by atoms with van der Waals surface area (Å²) in [4.78, 5) is 20.4. The first-order valence-electron chi connectivity index (χ1n) is 15.9. The van der Waals surface area contributed by atoms with Gasteiger partial charge >= 0.3 is 0 Å². The minimum Gasteiger partial charge on any atom is -0.359 e. The third-order valence-corrected chi connectivity index (χ3v) is 7.89. The lowest BCUT2D eigenvalue weighted by molar-refractivity contribution is -0.0980. The Labute approximate surface area is 275 Å². The van der Waals surface area contributed by atoms with Crippen molar-refractivity contribution in [1.29, 1.82) is 0 Å². The Morgan fingerprint density at radius 1 is 0.761 bits per heavy atom. The lowest BCUT2D eigenvalue weighted by Crippen LogP contribution is -2.23. The smallest absolute Gasteiger partial charge is 0.251 e. The number of hydrogen-bond acceptors (Lipinski definition) is 3.